The van der Waals surface area contributed by atoms with Gasteiger partial charge in [0.15, 0.2) is 0 Å². The SMILES string of the molecule is O=C(NC[C@]1(O)CCN(c2ccnc3ccncc23)C1)c1ccc(OCCN2CCCC2=O)cc1. The van der Waals surface area contributed by atoms with Crippen molar-refractivity contribution in [2.24, 2.45) is 0 Å². The molecular weight excluding hydrogens is 446 g/mol. The first-order valence-corrected chi connectivity index (χ1v) is 12.0. The van der Waals surface area contributed by atoms with Crippen molar-refractivity contribution in [3.8, 4) is 5.75 Å². The number of fused-ring (bicyclic) bond motifs is 1. The molecule has 9 nitrogen and oxygen atoms in total. The fourth-order valence-electron chi connectivity index (χ4n) is 4.72. The number of hydrogen-bond donors (Lipinski definition) is 2. The molecule has 0 aliphatic carbocycles. The van der Waals surface area contributed by atoms with Gasteiger partial charge in [-0.25, -0.2) is 0 Å². The van der Waals surface area contributed by atoms with Gasteiger partial charge < -0.3 is 25.0 Å². The number of β-amino-alcohol motifs (C(OH)–C–C–N with tert-alkyl or cyclic N) is 1. The Morgan fingerprint density at radius 1 is 1.14 bits per heavy atom. The standard InChI is InChI=1S/C26H29N5O4/c32-24-2-1-12-30(24)14-15-35-20-5-3-19(4-6-20)25(33)29-17-26(34)9-13-31(18-26)23-8-11-28-22-7-10-27-16-21(22)23/h3-8,10-11,16,34H,1-2,9,12-15,17-18H2,(H,29,33)/t26-/m1/s1. The molecule has 2 aliphatic rings. The van der Waals surface area contributed by atoms with E-state index in [1.165, 1.54) is 0 Å². The first kappa shape index (κ1) is 23.0. The van der Waals surface area contributed by atoms with Crippen LogP contribution < -0.4 is 15.0 Å². The number of ether oxygens (including phenoxy) is 1. The summed E-state index contributed by atoms with van der Waals surface area (Å²) in [5.41, 5.74) is 1.31. The quantitative estimate of drug-likeness (QED) is 0.513. The normalized spacial score (nSPS) is 20.0. The summed E-state index contributed by atoms with van der Waals surface area (Å²) in [6.07, 6.45) is 7.34. The summed E-state index contributed by atoms with van der Waals surface area (Å²) in [4.78, 5) is 36.8. The summed E-state index contributed by atoms with van der Waals surface area (Å²) in [5, 5.41) is 14.9. The molecule has 2 fully saturated rings. The zero-order valence-corrected chi connectivity index (χ0v) is 19.5. The molecule has 2 aromatic heterocycles. The molecule has 9 heteroatoms. The van der Waals surface area contributed by atoms with Crippen LogP contribution in [0.3, 0.4) is 0 Å². The van der Waals surface area contributed by atoms with Crippen LogP contribution in [0, 0.1) is 0 Å². The molecule has 0 bridgehead atoms. The van der Waals surface area contributed by atoms with E-state index in [9.17, 15) is 14.7 Å². The molecule has 1 aromatic carbocycles. The lowest BCUT2D eigenvalue weighted by Gasteiger charge is -2.25. The molecule has 0 radical (unpaired) electrons. The van der Waals surface area contributed by atoms with Crippen molar-refractivity contribution < 1.29 is 19.4 Å². The third-order valence-electron chi connectivity index (χ3n) is 6.69. The van der Waals surface area contributed by atoms with E-state index in [0.29, 0.717) is 50.4 Å². The van der Waals surface area contributed by atoms with Gasteiger partial charge in [0, 0.05) is 67.8 Å². The van der Waals surface area contributed by atoms with Gasteiger partial charge in [0.05, 0.1) is 12.1 Å². The molecule has 0 unspecified atom stereocenters. The monoisotopic (exact) mass is 475 g/mol. The van der Waals surface area contributed by atoms with Crippen LogP contribution in [0.15, 0.2) is 55.0 Å². The van der Waals surface area contributed by atoms with Crippen LogP contribution in [0.5, 0.6) is 5.75 Å². The number of nitrogens with one attached hydrogen (secondary N) is 1. The van der Waals surface area contributed by atoms with Crippen LogP contribution in [0.2, 0.25) is 0 Å². The molecule has 35 heavy (non-hydrogen) atoms. The summed E-state index contributed by atoms with van der Waals surface area (Å²) in [5.74, 6) is 0.584. The Morgan fingerprint density at radius 2 is 2.00 bits per heavy atom. The maximum atomic E-state index is 12.7. The number of likely N-dealkylation sites (tertiary alicyclic amines) is 1. The minimum atomic E-state index is -1.02. The maximum Gasteiger partial charge on any atom is 0.251 e. The van der Waals surface area contributed by atoms with Gasteiger partial charge in [-0.05, 0) is 49.2 Å². The Labute approximate surface area is 203 Å². The minimum absolute atomic E-state index is 0.158. The van der Waals surface area contributed by atoms with Crippen LogP contribution in [0.1, 0.15) is 29.6 Å². The van der Waals surface area contributed by atoms with E-state index in [2.05, 4.69) is 20.2 Å². The second-order valence-corrected chi connectivity index (χ2v) is 9.16. The number of benzene rings is 1. The van der Waals surface area contributed by atoms with Gasteiger partial charge in [-0.1, -0.05) is 0 Å². The van der Waals surface area contributed by atoms with E-state index in [1.54, 1.807) is 42.9 Å². The fourth-order valence-corrected chi connectivity index (χ4v) is 4.72. The summed E-state index contributed by atoms with van der Waals surface area (Å²) < 4.78 is 5.71. The van der Waals surface area contributed by atoms with E-state index < -0.39 is 5.60 Å². The Balaban J connectivity index is 1.12. The number of carbonyl (C=O) groups excluding carboxylic acids is 2. The second kappa shape index (κ2) is 9.87. The zero-order chi connectivity index (χ0) is 24.3. The van der Waals surface area contributed by atoms with Crippen molar-refractivity contribution >= 4 is 28.4 Å². The van der Waals surface area contributed by atoms with Crippen molar-refractivity contribution in [1.82, 2.24) is 20.2 Å². The minimum Gasteiger partial charge on any atom is -0.492 e. The predicted molar refractivity (Wildman–Crippen MR) is 131 cm³/mol. The summed E-state index contributed by atoms with van der Waals surface area (Å²) in [7, 11) is 0. The lowest BCUT2D eigenvalue weighted by atomic mass is 10.0. The third-order valence-corrected chi connectivity index (χ3v) is 6.69. The molecule has 182 valence electrons. The van der Waals surface area contributed by atoms with E-state index in [-0.39, 0.29) is 18.4 Å². The fraction of sp³-hybridized carbons (Fsp3) is 0.385. The van der Waals surface area contributed by atoms with Crippen LogP contribution in [-0.4, -0.2) is 76.7 Å². The topological polar surface area (TPSA) is 108 Å². The molecule has 0 spiro atoms. The molecule has 5 rings (SSSR count). The molecule has 1 atom stereocenters. The molecule has 4 heterocycles. The molecule has 2 N–H and O–H groups in total. The lowest BCUT2D eigenvalue weighted by molar-refractivity contribution is -0.128. The summed E-state index contributed by atoms with van der Waals surface area (Å²) >= 11 is 0. The number of amides is 2. The maximum absolute atomic E-state index is 12.7. The van der Waals surface area contributed by atoms with Gasteiger partial charge in [-0.3, -0.25) is 19.6 Å². The predicted octanol–water partition coefficient (Wildman–Crippen LogP) is 2.00. The van der Waals surface area contributed by atoms with Crippen molar-refractivity contribution in [2.75, 3.05) is 44.2 Å². The number of nitrogens with zero attached hydrogens (tertiary/aromatic N) is 4. The van der Waals surface area contributed by atoms with E-state index >= 15 is 0 Å². The first-order valence-electron chi connectivity index (χ1n) is 12.0. The molecule has 2 saturated heterocycles. The Kier molecular flexibility index (Phi) is 6.50. The number of carbonyl (C=O) groups is 2. The Bertz CT molecular complexity index is 1210. The Hall–Kier alpha value is -3.72. The average molecular weight is 476 g/mol. The van der Waals surface area contributed by atoms with Crippen LogP contribution in [0.25, 0.3) is 10.9 Å². The van der Waals surface area contributed by atoms with Gasteiger partial charge in [-0.15, -0.1) is 0 Å². The van der Waals surface area contributed by atoms with E-state index in [4.69, 9.17) is 4.74 Å². The van der Waals surface area contributed by atoms with Gasteiger partial charge in [0.1, 0.15) is 18.0 Å². The van der Waals surface area contributed by atoms with Crippen LogP contribution >= 0.6 is 0 Å². The van der Waals surface area contributed by atoms with Crippen molar-refractivity contribution in [3.05, 3.63) is 60.6 Å². The number of pyridine rings is 2. The van der Waals surface area contributed by atoms with Crippen molar-refractivity contribution in [3.63, 3.8) is 0 Å². The van der Waals surface area contributed by atoms with Crippen molar-refractivity contribution in [1.29, 1.82) is 0 Å². The van der Waals surface area contributed by atoms with Crippen molar-refractivity contribution in [2.45, 2.75) is 24.9 Å². The van der Waals surface area contributed by atoms with Crippen LogP contribution in [0.4, 0.5) is 5.69 Å². The zero-order valence-electron chi connectivity index (χ0n) is 19.5. The molecule has 2 amide bonds. The molecule has 2 aliphatic heterocycles. The van der Waals surface area contributed by atoms with E-state index in [1.807, 2.05) is 17.0 Å². The van der Waals surface area contributed by atoms with E-state index in [0.717, 1.165) is 29.6 Å². The summed E-state index contributed by atoms with van der Waals surface area (Å²) in [6.45, 7) is 3.03. The second-order valence-electron chi connectivity index (χ2n) is 9.16. The number of rotatable bonds is 8. The third kappa shape index (κ3) is 5.19. The summed E-state index contributed by atoms with van der Waals surface area (Å²) in [6, 6.07) is 10.7. The highest BCUT2D eigenvalue weighted by atomic mass is 16.5. The van der Waals surface area contributed by atoms with Gasteiger partial charge in [0.2, 0.25) is 5.91 Å². The van der Waals surface area contributed by atoms with Gasteiger partial charge in [0.25, 0.3) is 5.91 Å². The average Bonchev–Trinajstić information content (AvgIpc) is 3.48. The lowest BCUT2D eigenvalue weighted by Crippen LogP contribution is -2.45. The largest absolute Gasteiger partial charge is 0.492 e. The highest BCUT2D eigenvalue weighted by molar-refractivity contribution is 5.94. The molecule has 3 aromatic rings. The highest BCUT2D eigenvalue weighted by Gasteiger charge is 2.37. The molecule has 0 saturated carbocycles. The molecular formula is C26H29N5O4. The van der Waals surface area contributed by atoms with Crippen LogP contribution in [-0.2, 0) is 4.79 Å². The Morgan fingerprint density at radius 3 is 2.80 bits per heavy atom. The highest BCUT2D eigenvalue weighted by Crippen LogP contribution is 2.31. The van der Waals surface area contributed by atoms with Gasteiger partial charge in [-0.2, -0.15) is 0 Å². The van der Waals surface area contributed by atoms with Gasteiger partial charge >= 0.3 is 0 Å². The number of hydrogen-bond acceptors (Lipinski definition) is 7. The smallest absolute Gasteiger partial charge is 0.251 e. The number of anilines is 1. The first-order chi connectivity index (χ1) is 17.0. The number of aliphatic hydroxyl groups is 1. The number of aromatic nitrogens is 2.